The second-order valence-corrected chi connectivity index (χ2v) is 7.24. The summed E-state index contributed by atoms with van der Waals surface area (Å²) in [6, 6.07) is 2.73. The van der Waals surface area contributed by atoms with E-state index in [1.807, 2.05) is 11.3 Å². The van der Waals surface area contributed by atoms with Gasteiger partial charge in [0.1, 0.15) is 0 Å². The molecule has 102 valence electrons. The fraction of sp³-hybridized carbons (Fsp3) is 0.733. The molecule has 0 saturated heterocycles. The molecule has 0 amide bonds. The number of rotatable bonds is 6. The first-order chi connectivity index (χ1) is 8.73. The van der Waals surface area contributed by atoms with Gasteiger partial charge in [-0.15, -0.1) is 11.3 Å². The summed E-state index contributed by atoms with van der Waals surface area (Å²) in [4.78, 5) is 1.51. The van der Waals surface area contributed by atoms with Crippen molar-refractivity contribution in [2.75, 3.05) is 6.54 Å². The van der Waals surface area contributed by atoms with Crippen LogP contribution in [0.2, 0.25) is 0 Å². The van der Waals surface area contributed by atoms with Crippen molar-refractivity contribution < 1.29 is 0 Å². The summed E-state index contributed by atoms with van der Waals surface area (Å²) in [5.41, 5.74) is 0.489. The van der Waals surface area contributed by atoms with Crippen molar-refractivity contribution in [1.29, 1.82) is 0 Å². The van der Waals surface area contributed by atoms with Crippen LogP contribution in [0.3, 0.4) is 0 Å². The molecule has 0 aromatic carbocycles. The summed E-state index contributed by atoms with van der Waals surface area (Å²) in [6.07, 6.45) is 8.07. The maximum Gasteiger partial charge on any atom is 0.0483 e. The molecule has 2 rings (SSSR count). The Hall–Kier alpha value is 0.140. The van der Waals surface area contributed by atoms with Gasteiger partial charge in [0, 0.05) is 15.4 Å². The minimum Gasteiger partial charge on any atom is -0.309 e. The van der Waals surface area contributed by atoms with E-state index in [0.29, 0.717) is 11.5 Å². The molecule has 1 atom stereocenters. The average Bonchev–Trinajstić information content (AvgIpc) is 3.01. The van der Waals surface area contributed by atoms with Crippen LogP contribution in [0.15, 0.2) is 15.9 Å². The van der Waals surface area contributed by atoms with E-state index in [4.69, 9.17) is 0 Å². The second-order valence-electron chi connectivity index (χ2n) is 5.44. The van der Waals surface area contributed by atoms with Gasteiger partial charge in [-0.05, 0) is 65.0 Å². The van der Waals surface area contributed by atoms with Crippen LogP contribution in [0.25, 0.3) is 0 Å². The Balaban J connectivity index is 2.26. The highest BCUT2D eigenvalue weighted by atomic mass is 79.9. The van der Waals surface area contributed by atoms with Gasteiger partial charge in [0.05, 0.1) is 0 Å². The first kappa shape index (κ1) is 14.5. The standard InChI is InChI=1S/C15H24BrNS/c1-3-10-17-14(13-12(16)7-11-18-13)15(4-2)8-5-6-9-15/h7,11,14,17H,3-6,8-10H2,1-2H3. The maximum absolute atomic E-state index is 3.83. The molecule has 1 fully saturated rings. The molecule has 1 saturated carbocycles. The monoisotopic (exact) mass is 329 g/mol. The van der Waals surface area contributed by atoms with Crippen LogP contribution in [0.4, 0.5) is 0 Å². The fourth-order valence-corrected chi connectivity index (χ4v) is 5.13. The van der Waals surface area contributed by atoms with Crippen molar-refractivity contribution in [3.05, 3.63) is 20.8 Å². The van der Waals surface area contributed by atoms with Gasteiger partial charge in [-0.25, -0.2) is 0 Å². The van der Waals surface area contributed by atoms with Crippen LogP contribution in [-0.2, 0) is 0 Å². The molecule has 1 nitrogen and oxygen atoms in total. The maximum atomic E-state index is 3.83. The predicted octanol–water partition coefficient (Wildman–Crippen LogP) is 5.52. The number of hydrogen-bond acceptors (Lipinski definition) is 2. The van der Waals surface area contributed by atoms with E-state index in [9.17, 15) is 0 Å². The lowest BCUT2D eigenvalue weighted by Gasteiger charge is -2.37. The Kier molecular flexibility index (Phi) is 5.28. The van der Waals surface area contributed by atoms with Crippen LogP contribution in [0.5, 0.6) is 0 Å². The predicted molar refractivity (Wildman–Crippen MR) is 84.2 cm³/mol. The molecule has 0 bridgehead atoms. The van der Waals surface area contributed by atoms with E-state index in [2.05, 4.69) is 46.5 Å². The zero-order valence-corrected chi connectivity index (χ0v) is 13.9. The molecular formula is C15H24BrNS. The largest absolute Gasteiger partial charge is 0.309 e. The molecule has 3 heteroatoms. The number of nitrogens with one attached hydrogen (secondary N) is 1. The van der Waals surface area contributed by atoms with Crippen LogP contribution in [0.1, 0.15) is 63.3 Å². The van der Waals surface area contributed by atoms with E-state index in [1.165, 1.54) is 47.9 Å². The lowest BCUT2D eigenvalue weighted by atomic mass is 9.75. The Morgan fingerprint density at radius 2 is 2.11 bits per heavy atom. The highest BCUT2D eigenvalue weighted by molar-refractivity contribution is 9.10. The minimum absolute atomic E-state index is 0.489. The third-order valence-corrected chi connectivity index (χ3v) is 6.36. The molecule has 1 N–H and O–H groups in total. The van der Waals surface area contributed by atoms with Gasteiger partial charge in [0.2, 0.25) is 0 Å². The Morgan fingerprint density at radius 1 is 1.39 bits per heavy atom. The topological polar surface area (TPSA) is 12.0 Å². The van der Waals surface area contributed by atoms with Crippen molar-refractivity contribution in [3.63, 3.8) is 0 Å². The molecule has 1 aliphatic carbocycles. The van der Waals surface area contributed by atoms with Crippen molar-refractivity contribution in [1.82, 2.24) is 5.32 Å². The SMILES string of the molecule is CCCNC(c1sccc1Br)C1(CC)CCCC1. The third kappa shape index (κ3) is 2.83. The molecular weight excluding hydrogens is 306 g/mol. The van der Waals surface area contributed by atoms with Gasteiger partial charge in [0.25, 0.3) is 0 Å². The average molecular weight is 330 g/mol. The van der Waals surface area contributed by atoms with Gasteiger partial charge in [-0.2, -0.15) is 0 Å². The number of thiophene rings is 1. The summed E-state index contributed by atoms with van der Waals surface area (Å²) in [5.74, 6) is 0. The van der Waals surface area contributed by atoms with Crippen LogP contribution in [0, 0.1) is 5.41 Å². The molecule has 1 aromatic heterocycles. The van der Waals surface area contributed by atoms with Gasteiger partial charge in [-0.1, -0.05) is 26.7 Å². The van der Waals surface area contributed by atoms with E-state index in [0.717, 1.165) is 6.54 Å². The molecule has 18 heavy (non-hydrogen) atoms. The summed E-state index contributed by atoms with van der Waals surface area (Å²) >= 11 is 5.63. The number of halogens is 1. The molecule has 1 aromatic rings. The quantitative estimate of drug-likeness (QED) is 0.724. The Labute approximate surface area is 123 Å². The molecule has 0 aliphatic heterocycles. The first-order valence-corrected chi connectivity index (χ1v) is 8.87. The Bertz CT molecular complexity index is 368. The van der Waals surface area contributed by atoms with Gasteiger partial charge in [-0.3, -0.25) is 0 Å². The summed E-state index contributed by atoms with van der Waals surface area (Å²) in [5, 5.41) is 6.03. The molecule has 1 heterocycles. The highest BCUT2D eigenvalue weighted by Gasteiger charge is 2.41. The molecule has 0 radical (unpaired) electrons. The highest BCUT2D eigenvalue weighted by Crippen LogP contribution is 2.52. The molecule has 1 unspecified atom stereocenters. The van der Waals surface area contributed by atoms with Crippen LogP contribution in [-0.4, -0.2) is 6.54 Å². The van der Waals surface area contributed by atoms with Gasteiger partial charge < -0.3 is 5.32 Å². The van der Waals surface area contributed by atoms with E-state index in [-0.39, 0.29) is 0 Å². The smallest absolute Gasteiger partial charge is 0.0483 e. The van der Waals surface area contributed by atoms with Crippen LogP contribution < -0.4 is 5.32 Å². The number of hydrogen-bond donors (Lipinski definition) is 1. The third-order valence-electron chi connectivity index (χ3n) is 4.42. The fourth-order valence-electron chi connectivity index (χ4n) is 3.31. The lowest BCUT2D eigenvalue weighted by Crippen LogP contribution is -2.36. The van der Waals surface area contributed by atoms with E-state index < -0.39 is 0 Å². The van der Waals surface area contributed by atoms with Crippen molar-refractivity contribution in [2.45, 2.75) is 58.4 Å². The normalized spacial score (nSPS) is 20.2. The summed E-state index contributed by atoms with van der Waals surface area (Å²) < 4.78 is 1.29. The lowest BCUT2D eigenvalue weighted by molar-refractivity contribution is 0.189. The molecule has 1 aliphatic rings. The summed E-state index contributed by atoms with van der Waals surface area (Å²) in [6.45, 7) is 5.74. The minimum atomic E-state index is 0.489. The van der Waals surface area contributed by atoms with Crippen molar-refractivity contribution >= 4 is 27.3 Å². The van der Waals surface area contributed by atoms with Gasteiger partial charge >= 0.3 is 0 Å². The van der Waals surface area contributed by atoms with Crippen LogP contribution >= 0.6 is 27.3 Å². The van der Waals surface area contributed by atoms with Crippen molar-refractivity contribution in [3.8, 4) is 0 Å². The van der Waals surface area contributed by atoms with Gasteiger partial charge in [0.15, 0.2) is 0 Å². The Morgan fingerprint density at radius 3 is 2.61 bits per heavy atom. The summed E-state index contributed by atoms with van der Waals surface area (Å²) in [7, 11) is 0. The first-order valence-electron chi connectivity index (χ1n) is 7.20. The zero-order valence-electron chi connectivity index (χ0n) is 11.5. The van der Waals surface area contributed by atoms with E-state index in [1.54, 1.807) is 0 Å². The van der Waals surface area contributed by atoms with Crippen molar-refractivity contribution in [2.24, 2.45) is 5.41 Å². The second kappa shape index (κ2) is 6.53. The zero-order chi connectivity index (χ0) is 13.0. The van der Waals surface area contributed by atoms with E-state index >= 15 is 0 Å². The molecule has 0 spiro atoms.